The summed E-state index contributed by atoms with van der Waals surface area (Å²) < 4.78 is 28.5. The molecule has 0 unspecified atom stereocenters. The van der Waals surface area contributed by atoms with Crippen LogP contribution in [0.4, 0.5) is 5.82 Å². The summed E-state index contributed by atoms with van der Waals surface area (Å²) in [4.78, 5) is 38.2. The molecule has 11 heteroatoms. The van der Waals surface area contributed by atoms with Gasteiger partial charge in [-0.2, -0.15) is 0 Å². The minimum atomic E-state index is -3.09. The SMILES string of the molecule is Cc1sc2ncnc(N3CCC(C(=O)O[C@H](C)C(=O)N[C@@H]4CCS(=O)(=O)C4)CC3)c2c1C. The summed E-state index contributed by atoms with van der Waals surface area (Å²) in [5.41, 5.74) is 1.19. The topological polar surface area (TPSA) is 119 Å². The van der Waals surface area contributed by atoms with E-state index in [0.29, 0.717) is 32.4 Å². The van der Waals surface area contributed by atoms with Crippen LogP contribution < -0.4 is 10.2 Å². The number of anilines is 1. The molecule has 32 heavy (non-hydrogen) atoms. The molecule has 2 saturated heterocycles. The lowest BCUT2D eigenvalue weighted by molar-refractivity contribution is -0.159. The Morgan fingerprint density at radius 1 is 1.22 bits per heavy atom. The van der Waals surface area contributed by atoms with Gasteiger partial charge in [0.15, 0.2) is 15.9 Å². The Morgan fingerprint density at radius 2 is 1.94 bits per heavy atom. The number of nitrogens with one attached hydrogen (secondary N) is 1. The molecule has 0 aromatic carbocycles. The molecular formula is C21H28N4O5S2. The highest BCUT2D eigenvalue weighted by atomic mass is 32.2. The highest BCUT2D eigenvalue weighted by Gasteiger charge is 2.33. The maximum absolute atomic E-state index is 12.6. The molecule has 1 amide bonds. The van der Waals surface area contributed by atoms with Crippen LogP contribution in [0.2, 0.25) is 0 Å². The maximum Gasteiger partial charge on any atom is 0.309 e. The van der Waals surface area contributed by atoms with Gasteiger partial charge in [0, 0.05) is 24.0 Å². The zero-order valence-corrected chi connectivity index (χ0v) is 20.1. The van der Waals surface area contributed by atoms with Crippen LogP contribution in [0.5, 0.6) is 0 Å². The molecule has 4 rings (SSSR count). The van der Waals surface area contributed by atoms with Crippen LogP contribution in [0.3, 0.4) is 0 Å². The number of esters is 1. The van der Waals surface area contributed by atoms with E-state index in [4.69, 9.17) is 4.74 Å². The average molecular weight is 481 g/mol. The van der Waals surface area contributed by atoms with Gasteiger partial charge in [0.1, 0.15) is 17.0 Å². The van der Waals surface area contributed by atoms with E-state index in [-0.39, 0.29) is 23.4 Å². The second kappa shape index (κ2) is 8.93. The molecule has 1 N–H and O–H groups in total. The van der Waals surface area contributed by atoms with Crippen molar-refractivity contribution in [2.75, 3.05) is 29.5 Å². The Bertz CT molecular complexity index is 1140. The Morgan fingerprint density at radius 3 is 2.59 bits per heavy atom. The number of hydrogen-bond donors (Lipinski definition) is 1. The normalized spacial score (nSPS) is 22.1. The predicted octanol–water partition coefficient (Wildman–Crippen LogP) is 1.76. The summed E-state index contributed by atoms with van der Waals surface area (Å²) in [6.07, 6.45) is 2.25. The zero-order valence-electron chi connectivity index (χ0n) is 18.5. The Balaban J connectivity index is 1.31. The number of aryl methyl sites for hydroxylation is 2. The van der Waals surface area contributed by atoms with Crippen LogP contribution in [-0.4, -0.2) is 67.0 Å². The minimum Gasteiger partial charge on any atom is -0.452 e. The monoisotopic (exact) mass is 480 g/mol. The third kappa shape index (κ3) is 4.73. The van der Waals surface area contributed by atoms with Crippen LogP contribution in [0, 0.1) is 19.8 Å². The van der Waals surface area contributed by atoms with Gasteiger partial charge in [0.2, 0.25) is 0 Å². The molecule has 174 valence electrons. The van der Waals surface area contributed by atoms with Crippen molar-refractivity contribution in [2.45, 2.75) is 52.2 Å². The van der Waals surface area contributed by atoms with Crippen molar-refractivity contribution in [3.05, 3.63) is 16.8 Å². The molecular weight excluding hydrogens is 452 g/mol. The van der Waals surface area contributed by atoms with E-state index in [9.17, 15) is 18.0 Å². The van der Waals surface area contributed by atoms with Crippen LogP contribution in [0.1, 0.15) is 36.6 Å². The lowest BCUT2D eigenvalue weighted by Gasteiger charge is -2.32. The number of ether oxygens (including phenoxy) is 1. The molecule has 0 aliphatic carbocycles. The summed E-state index contributed by atoms with van der Waals surface area (Å²) in [6, 6.07) is -0.411. The van der Waals surface area contributed by atoms with Gasteiger partial charge in [-0.25, -0.2) is 18.4 Å². The van der Waals surface area contributed by atoms with Gasteiger partial charge in [0.25, 0.3) is 5.91 Å². The molecule has 2 aliphatic rings. The van der Waals surface area contributed by atoms with Gasteiger partial charge in [0.05, 0.1) is 22.8 Å². The first-order valence-corrected chi connectivity index (χ1v) is 13.5. The molecule has 0 saturated carbocycles. The highest BCUT2D eigenvalue weighted by Crippen LogP contribution is 2.35. The van der Waals surface area contributed by atoms with E-state index in [2.05, 4.69) is 34.0 Å². The molecule has 2 aromatic rings. The summed E-state index contributed by atoms with van der Waals surface area (Å²) >= 11 is 1.66. The molecule has 0 bridgehead atoms. The number of carbonyl (C=O) groups is 2. The number of amides is 1. The van der Waals surface area contributed by atoms with Gasteiger partial charge in [-0.05, 0) is 45.6 Å². The number of nitrogens with zero attached hydrogens (tertiary/aromatic N) is 3. The van der Waals surface area contributed by atoms with Crippen molar-refractivity contribution in [1.29, 1.82) is 0 Å². The summed E-state index contributed by atoms with van der Waals surface area (Å²) in [5.74, 6) is -0.198. The van der Waals surface area contributed by atoms with Gasteiger partial charge in [-0.1, -0.05) is 0 Å². The molecule has 2 fully saturated rings. The maximum atomic E-state index is 12.6. The number of rotatable bonds is 5. The van der Waals surface area contributed by atoms with E-state index >= 15 is 0 Å². The number of sulfone groups is 1. The van der Waals surface area contributed by atoms with Crippen LogP contribution in [0.25, 0.3) is 10.2 Å². The Kier molecular flexibility index (Phi) is 6.39. The fourth-order valence-corrected chi connectivity index (χ4v) is 6.95. The van der Waals surface area contributed by atoms with E-state index in [0.717, 1.165) is 16.0 Å². The summed E-state index contributed by atoms with van der Waals surface area (Å²) in [7, 11) is -3.09. The first-order valence-electron chi connectivity index (χ1n) is 10.8. The number of aromatic nitrogens is 2. The third-order valence-electron chi connectivity index (χ3n) is 6.31. The molecule has 0 radical (unpaired) electrons. The van der Waals surface area contributed by atoms with E-state index in [1.165, 1.54) is 17.4 Å². The van der Waals surface area contributed by atoms with Gasteiger partial charge in [-0.15, -0.1) is 11.3 Å². The number of fused-ring (bicyclic) bond motifs is 1. The van der Waals surface area contributed by atoms with Crippen LogP contribution in [0.15, 0.2) is 6.33 Å². The van der Waals surface area contributed by atoms with Crippen molar-refractivity contribution in [3.8, 4) is 0 Å². The number of thiophene rings is 1. The largest absolute Gasteiger partial charge is 0.452 e. The lowest BCUT2D eigenvalue weighted by Crippen LogP contribution is -2.44. The van der Waals surface area contributed by atoms with Crippen LogP contribution in [-0.2, 0) is 24.2 Å². The van der Waals surface area contributed by atoms with Crippen molar-refractivity contribution in [1.82, 2.24) is 15.3 Å². The first-order chi connectivity index (χ1) is 15.1. The molecule has 4 heterocycles. The molecule has 9 nitrogen and oxygen atoms in total. The van der Waals surface area contributed by atoms with Crippen molar-refractivity contribution >= 4 is 49.1 Å². The van der Waals surface area contributed by atoms with E-state index in [1.54, 1.807) is 17.7 Å². The van der Waals surface area contributed by atoms with E-state index in [1.807, 2.05) is 0 Å². The quantitative estimate of drug-likeness (QED) is 0.643. The predicted molar refractivity (Wildman–Crippen MR) is 123 cm³/mol. The Hall–Kier alpha value is -2.27. The molecule has 0 spiro atoms. The van der Waals surface area contributed by atoms with Gasteiger partial charge >= 0.3 is 5.97 Å². The molecule has 2 aliphatic heterocycles. The average Bonchev–Trinajstić information content (AvgIpc) is 3.25. The minimum absolute atomic E-state index is 0.0582. The standard InChI is InChI=1S/C21H28N4O5S2/c1-12-14(3)31-20-17(12)18(22-11-23-20)25-7-4-15(5-8-25)21(27)30-13(2)19(26)24-16-6-9-32(28,29)10-16/h11,13,15-16H,4-10H2,1-3H3,(H,24,26)/t13-,16-/m1/s1. The smallest absolute Gasteiger partial charge is 0.309 e. The zero-order chi connectivity index (χ0) is 23.0. The Labute approximate surface area is 191 Å². The lowest BCUT2D eigenvalue weighted by atomic mass is 9.96. The number of carbonyl (C=O) groups excluding carboxylic acids is 2. The highest BCUT2D eigenvalue weighted by molar-refractivity contribution is 7.91. The molecule has 2 aromatic heterocycles. The molecule has 2 atom stereocenters. The summed E-state index contributed by atoms with van der Waals surface area (Å²) in [6.45, 7) is 7.02. The number of piperidine rings is 1. The fraction of sp³-hybridized carbons (Fsp3) is 0.619. The fourth-order valence-electron chi connectivity index (χ4n) is 4.28. The second-order valence-electron chi connectivity index (χ2n) is 8.61. The van der Waals surface area contributed by atoms with Crippen molar-refractivity contribution in [3.63, 3.8) is 0 Å². The van der Waals surface area contributed by atoms with E-state index < -0.39 is 27.9 Å². The van der Waals surface area contributed by atoms with Crippen LogP contribution >= 0.6 is 11.3 Å². The number of hydrogen-bond acceptors (Lipinski definition) is 9. The second-order valence-corrected chi connectivity index (χ2v) is 12.0. The van der Waals surface area contributed by atoms with Gasteiger partial charge in [-0.3, -0.25) is 9.59 Å². The van der Waals surface area contributed by atoms with Gasteiger partial charge < -0.3 is 15.0 Å². The third-order valence-corrected chi connectivity index (χ3v) is 9.20. The first kappa shape index (κ1) is 22.9. The van der Waals surface area contributed by atoms with Crippen molar-refractivity contribution < 1.29 is 22.7 Å². The summed E-state index contributed by atoms with van der Waals surface area (Å²) in [5, 5.41) is 3.76. The van der Waals surface area contributed by atoms with Crippen molar-refractivity contribution in [2.24, 2.45) is 5.92 Å².